The largest absolute Gasteiger partial charge is 0.330 e. The highest BCUT2D eigenvalue weighted by Gasteiger charge is 2.25. The maximum absolute atomic E-state index is 5.70. The van der Waals surface area contributed by atoms with Gasteiger partial charge in [-0.25, -0.2) is 0 Å². The zero-order valence-corrected chi connectivity index (χ0v) is 12.9. The summed E-state index contributed by atoms with van der Waals surface area (Å²) < 4.78 is 0. The minimum absolute atomic E-state index is 0.540. The van der Waals surface area contributed by atoms with Crippen LogP contribution in [0.5, 0.6) is 0 Å². The van der Waals surface area contributed by atoms with E-state index in [1.54, 1.807) is 0 Å². The van der Waals surface area contributed by atoms with Gasteiger partial charge in [0, 0.05) is 6.54 Å². The first kappa shape index (κ1) is 16.0. The fourth-order valence-electron chi connectivity index (χ4n) is 3.42. The predicted octanol–water partition coefficient (Wildman–Crippen LogP) is 3.65. The Morgan fingerprint density at radius 3 is 2.61 bits per heavy atom. The quantitative estimate of drug-likeness (QED) is 0.716. The summed E-state index contributed by atoms with van der Waals surface area (Å²) in [6, 6.07) is 0. The minimum atomic E-state index is 0.540. The molecule has 0 aromatic heterocycles. The van der Waals surface area contributed by atoms with Gasteiger partial charge in [0.1, 0.15) is 0 Å². The second-order valence-electron chi connectivity index (χ2n) is 6.92. The number of likely N-dealkylation sites (tertiary alicyclic amines) is 1. The van der Waals surface area contributed by atoms with E-state index >= 15 is 0 Å². The number of hydrogen-bond acceptors (Lipinski definition) is 2. The Morgan fingerprint density at radius 2 is 2.00 bits per heavy atom. The van der Waals surface area contributed by atoms with Gasteiger partial charge < -0.3 is 10.6 Å². The first-order chi connectivity index (χ1) is 8.57. The summed E-state index contributed by atoms with van der Waals surface area (Å²) in [5.41, 5.74) is 6.24. The zero-order valence-electron chi connectivity index (χ0n) is 12.9. The molecule has 0 aliphatic carbocycles. The van der Waals surface area contributed by atoms with E-state index in [1.165, 1.54) is 64.6 Å². The van der Waals surface area contributed by atoms with Crippen molar-refractivity contribution in [2.24, 2.45) is 17.1 Å². The van der Waals surface area contributed by atoms with Crippen LogP contribution in [0.4, 0.5) is 0 Å². The molecule has 0 spiro atoms. The molecule has 0 saturated carbocycles. The lowest BCUT2D eigenvalue weighted by molar-refractivity contribution is 0.114. The van der Waals surface area contributed by atoms with Crippen molar-refractivity contribution in [3.63, 3.8) is 0 Å². The molecule has 1 rings (SSSR count). The normalized spacial score (nSPS) is 22.0. The van der Waals surface area contributed by atoms with Gasteiger partial charge in [0.05, 0.1) is 0 Å². The second kappa shape index (κ2) is 8.16. The van der Waals surface area contributed by atoms with Crippen molar-refractivity contribution in [1.29, 1.82) is 0 Å². The second-order valence-corrected chi connectivity index (χ2v) is 6.92. The van der Waals surface area contributed by atoms with Crippen LogP contribution in [-0.4, -0.2) is 31.1 Å². The van der Waals surface area contributed by atoms with Crippen molar-refractivity contribution in [2.45, 2.75) is 65.7 Å². The lowest BCUT2D eigenvalue weighted by Crippen LogP contribution is -2.40. The van der Waals surface area contributed by atoms with E-state index in [2.05, 4.69) is 25.7 Å². The van der Waals surface area contributed by atoms with Crippen molar-refractivity contribution in [1.82, 2.24) is 4.90 Å². The summed E-state index contributed by atoms with van der Waals surface area (Å²) in [5, 5.41) is 0. The molecular formula is C16H34N2. The molecule has 1 unspecified atom stereocenters. The Morgan fingerprint density at radius 1 is 1.22 bits per heavy atom. The molecule has 1 fully saturated rings. The molecule has 108 valence electrons. The Hall–Kier alpha value is -0.0800. The highest BCUT2D eigenvalue weighted by molar-refractivity contribution is 4.79. The standard InChI is InChI=1S/C16H34N2/c1-4-7-15(9-11-17)8-5-12-18-13-6-10-16(2,3)14-18/h15H,4-14,17H2,1-3H3. The highest BCUT2D eigenvalue weighted by Crippen LogP contribution is 2.28. The molecule has 0 aromatic carbocycles. The SMILES string of the molecule is CCCC(CCN)CCCN1CCCC(C)(C)C1. The molecule has 0 radical (unpaired) electrons. The summed E-state index contributed by atoms with van der Waals surface area (Å²) in [7, 11) is 0. The molecule has 1 atom stereocenters. The molecule has 0 bridgehead atoms. The van der Waals surface area contributed by atoms with Crippen molar-refractivity contribution in [3.8, 4) is 0 Å². The van der Waals surface area contributed by atoms with Crippen LogP contribution >= 0.6 is 0 Å². The van der Waals surface area contributed by atoms with E-state index in [4.69, 9.17) is 5.73 Å². The Bertz CT molecular complexity index is 207. The van der Waals surface area contributed by atoms with Crippen molar-refractivity contribution >= 4 is 0 Å². The zero-order chi connectivity index (χ0) is 13.4. The Balaban J connectivity index is 2.19. The molecule has 18 heavy (non-hydrogen) atoms. The minimum Gasteiger partial charge on any atom is -0.330 e. The van der Waals surface area contributed by atoms with Crippen molar-refractivity contribution < 1.29 is 0 Å². The van der Waals surface area contributed by atoms with E-state index < -0.39 is 0 Å². The van der Waals surface area contributed by atoms with Gasteiger partial charge in [0.25, 0.3) is 0 Å². The van der Waals surface area contributed by atoms with E-state index in [0.29, 0.717) is 5.41 Å². The van der Waals surface area contributed by atoms with Gasteiger partial charge in [-0.1, -0.05) is 33.6 Å². The monoisotopic (exact) mass is 254 g/mol. The highest BCUT2D eigenvalue weighted by atomic mass is 15.1. The fraction of sp³-hybridized carbons (Fsp3) is 1.00. The molecule has 2 N–H and O–H groups in total. The number of nitrogens with two attached hydrogens (primary N) is 1. The summed E-state index contributed by atoms with van der Waals surface area (Å²) in [4.78, 5) is 2.68. The maximum atomic E-state index is 5.70. The molecular weight excluding hydrogens is 220 g/mol. The molecule has 1 aliphatic heterocycles. The molecule has 2 heteroatoms. The molecule has 0 aromatic rings. The first-order valence-corrected chi connectivity index (χ1v) is 8.00. The van der Waals surface area contributed by atoms with Gasteiger partial charge in [0.15, 0.2) is 0 Å². The number of rotatable bonds is 8. The van der Waals surface area contributed by atoms with Gasteiger partial charge in [-0.15, -0.1) is 0 Å². The molecule has 1 saturated heterocycles. The van der Waals surface area contributed by atoms with Gasteiger partial charge in [0.2, 0.25) is 0 Å². The van der Waals surface area contributed by atoms with Crippen molar-refractivity contribution in [3.05, 3.63) is 0 Å². The van der Waals surface area contributed by atoms with Crippen LogP contribution in [0, 0.1) is 11.3 Å². The number of nitrogens with zero attached hydrogens (tertiary/aromatic N) is 1. The summed E-state index contributed by atoms with van der Waals surface area (Å²) in [6.07, 6.45) is 9.41. The average molecular weight is 254 g/mol. The smallest absolute Gasteiger partial charge is 0.00327 e. The first-order valence-electron chi connectivity index (χ1n) is 8.00. The number of piperidine rings is 1. The Labute approximate surface area is 114 Å². The average Bonchev–Trinajstić information content (AvgIpc) is 2.28. The van der Waals surface area contributed by atoms with Crippen LogP contribution in [0.25, 0.3) is 0 Å². The molecule has 1 heterocycles. The lowest BCUT2D eigenvalue weighted by atomic mass is 9.84. The lowest BCUT2D eigenvalue weighted by Gasteiger charge is -2.38. The summed E-state index contributed by atoms with van der Waals surface area (Å²) >= 11 is 0. The molecule has 1 aliphatic rings. The van der Waals surface area contributed by atoms with Gasteiger partial charge in [-0.2, -0.15) is 0 Å². The van der Waals surface area contributed by atoms with Crippen LogP contribution in [0.2, 0.25) is 0 Å². The van der Waals surface area contributed by atoms with E-state index in [0.717, 1.165) is 12.5 Å². The number of hydrogen-bond donors (Lipinski definition) is 1. The predicted molar refractivity (Wildman–Crippen MR) is 80.8 cm³/mol. The van der Waals surface area contributed by atoms with E-state index in [1.807, 2.05) is 0 Å². The van der Waals surface area contributed by atoms with Crippen LogP contribution in [-0.2, 0) is 0 Å². The molecule has 2 nitrogen and oxygen atoms in total. The maximum Gasteiger partial charge on any atom is 0.00327 e. The van der Waals surface area contributed by atoms with E-state index in [9.17, 15) is 0 Å². The van der Waals surface area contributed by atoms with Crippen LogP contribution in [0.3, 0.4) is 0 Å². The fourth-order valence-corrected chi connectivity index (χ4v) is 3.42. The van der Waals surface area contributed by atoms with Gasteiger partial charge in [-0.3, -0.25) is 0 Å². The topological polar surface area (TPSA) is 29.3 Å². The third kappa shape index (κ3) is 6.19. The summed E-state index contributed by atoms with van der Waals surface area (Å²) in [5.74, 6) is 0.873. The van der Waals surface area contributed by atoms with Crippen molar-refractivity contribution in [2.75, 3.05) is 26.2 Å². The van der Waals surface area contributed by atoms with Gasteiger partial charge >= 0.3 is 0 Å². The van der Waals surface area contributed by atoms with Crippen LogP contribution < -0.4 is 5.73 Å². The van der Waals surface area contributed by atoms with E-state index in [-0.39, 0.29) is 0 Å². The Kier molecular flexibility index (Phi) is 7.25. The van der Waals surface area contributed by atoms with Gasteiger partial charge in [-0.05, 0) is 63.1 Å². The third-order valence-electron chi connectivity index (χ3n) is 4.34. The van der Waals surface area contributed by atoms with Crippen LogP contribution in [0.15, 0.2) is 0 Å². The molecule has 0 amide bonds. The summed E-state index contributed by atoms with van der Waals surface area (Å²) in [6.45, 7) is 11.9. The van der Waals surface area contributed by atoms with Crippen LogP contribution in [0.1, 0.15) is 65.7 Å². The third-order valence-corrected chi connectivity index (χ3v) is 4.34.